The fourth-order valence-electron chi connectivity index (χ4n) is 2.91. The number of nitrogens with two attached hydrogens (primary N) is 2. The number of carboxylic acid groups (broad SMARTS) is 1. The molecule has 12 heteroatoms. The van der Waals surface area contributed by atoms with Gasteiger partial charge in [0.1, 0.15) is 0 Å². The molecule has 4 aromatic rings. The highest BCUT2D eigenvalue weighted by Crippen LogP contribution is 2.28. The van der Waals surface area contributed by atoms with Crippen molar-refractivity contribution in [3.8, 4) is 5.69 Å². The van der Waals surface area contributed by atoms with Gasteiger partial charge in [-0.05, 0) is 12.1 Å². The molecular weight excluding hydrogens is 429 g/mol. The standard InChI is InChI=1S/C18H14N6O.C2HF3O2/c19-18(20)22-17(25)13-10-24(15-8-4-2-5-11(13)15)16-9-21-23-14-7-3-1-6-12(14)16;3-2(4,5)1(6)7/h1-10H,(H4,19,20,22,25);(H,6,7). The van der Waals surface area contributed by atoms with Gasteiger partial charge in [-0.3, -0.25) is 4.79 Å². The van der Waals surface area contributed by atoms with Crippen molar-refractivity contribution in [2.75, 3.05) is 0 Å². The molecule has 0 saturated heterocycles. The summed E-state index contributed by atoms with van der Waals surface area (Å²) in [6.45, 7) is 0. The predicted octanol–water partition coefficient (Wildman–Crippen LogP) is 2.62. The fraction of sp³-hybridized carbons (Fsp3) is 0.0500. The van der Waals surface area contributed by atoms with Gasteiger partial charge in [-0.25, -0.2) is 4.79 Å². The summed E-state index contributed by atoms with van der Waals surface area (Å²) < 4.78 is 33.6. The first-order chi connectivity index (χ1) is 15.1. The number of benzene rings is 2. The number of aliphatic imine (C=N–C) groups is 1. The first-order valence-electron chi connectivity index (χ1n) is 8.84. The monoisotopic (exact) mass is 444 g/mol. The maximum atomic E-state index is 12.4. The van der Waals surface area contributed by atoms with Crippen LogP contribution < -0.4 is 11.5 Å². The summed E-state index contributed by atoms with van der Waals surface area (Å²) in [5.41, 5.74) is 13.6. The molecule has 0 atom stereocenters. The number of hydrogen-bond acceptors (Lipinski definition) is 4. The first kappa shape index (κ1) is 22.2. The van der Waals surface area contributed by atoms with Gasteiger partial charge < -0.3 is 21.1 Å². The first-order valence-corrected chi connectivity index (χ1v) is 8.84. The van der Waals surface area contributed by atoms with Crippen LogP contribution in [0.2, 0.25) is 0 Å². The molecule has 5 N–H and O–H groups in total. The third kappa shape index (κ3) is 4.64. The molecule has 1 amide bonds. The summed E-state index contributed by atoms with van der Waals surface area (Å²) in [5, 5.41) is 17.0. The van der Waals surface area contributed by atoms with E-state index in [0.29, 0.717) is 5.56 Å². The normalized spacial score (nSPS) is 11.0. The molecule has 0 aliphatic heterocycles. The molecule has 9 nitrogen and oxygen atoms in total. The molecule has 4 rings (SSSR count). The van der Waals surface area contributed by atoms with E-state index in [0.717, 1.165) is 27.5 Å². The van der Waals surface area contributed by atoms with Crippen molar-refractivity contribution in [1.82, 2.24) is 14.8 Å². The van der Waals surface area contributed by atoms with Crippen molar-refractivity contribution < 1.29 is 27.9 Å². The number of aliphatic carboxylic acids is 1. The molecule has 0 bridgehead atoms. The van der Waals surface area contributed by atoms with Gasteiger partial charge >= 0.3 is 12.1 Å². The Labute approximate surface area is 177 Å². The van der Waals surface area contributed by atoms with Crippen molar-refractivity contribution in [2.45, 2.75) is 6.18 Å². The molecule has 2 aromatic heterocycles. The maximum Gasteiger partial charge on any atom is 0.490 e. The molecular formula is C20H15F3N6O3. The van der Waals surface area contributed by atoms with E-state index in [9.17, 15) is 18.0 Å². The van der Waals surface area contributed by atoms with Crippen LogP contribution >= 0.6 is 0 Å². The number of rotatable bonds is 2. The lowest BCUT2D eigenvalue weighted by atomic mass is 10.1. The summed E-state index contributed by atoms with van der Waals surface area (Å²) in [7, 11) is 0. The van der Waals surface area contributed by atoms with Crippen LogP contribution in [0.25, 0.3) is 27.5 Å². The zero-order valence-electron chi connectivity index (χ0n) is 16.1. The fourth-order valence-corrected chi connectivity index (χ4v) is 2.91. The van der Waals surface area contributed by atoms with Crippen LogP contribution in [0.4, 0.5) is 13.2 Å². The Morgan fingerprint density at radius 3 is 2.22 bits per heavy atom. The van der Waals surface area contributed by atoms with Crippen LogP contribution in [-0.4, -0.2) is 43.9 Å². The number of alkyl halides is 3. The van der Waals surface area contributed by atoms with Crippen molar-refractivity contribution in [1.29, 1.82) is 0 Å². The lowest BCUT2D eigenvalue weighted by molar-refractivity contribution is -0.192. The van der Waals surface area contributed by atoms with Gasteiger partial charge in [0.15, 0.2) is 5.96 Å². The largest absolute Gasteiger partial charge is 0.490 e. The smallest absolute Gasteiger partial charge is 0.475 e. The molecule has 0 saturated carbocycles. The lowest BCUT2D eigenvalue weighted by Crippen LogP contribution is -2.24. The third-order valence-electron chi connectivity index (χ3n) is 4.20. The number of nitrogens with zero attached hydrogens (tertiary/aromatic N) is 4. The molecule has 164 valence electrons. The van der Waals surface area contributed by atoms with Gasteiger partial charge in [0, 0.05) is 17.0 Å². The van der Waals surface area contributed by atoms with Crippen molar-refractivity contribution in [2.24, 2.45) is 16.5 Å². The molecule has 0 radical (unpaired) electrons. The average molecular weight is 444 g/mol. The number of amides is 1. The van der Waals surface area contributed by atoms with E-state index < -0.39 is 18.1 Å². The van der Waals surface area contributed by atoms with Crippen molar-refractivity contribution >= 4 is 39.6 Å². The minimum atomic E-state index is -5.08. The molecule has 0 aliphatic carbocycles. The molecule has 0 unspecified atom stereocenters. The quantitative estimate of drug-likeness (QED) is 0.318. The van der Waals surface area contributed by atoms with Gasteiger partial charge in [-0.2, -0.15) is 28.4 Å². The second-order valence-electron chi connectivity index (χ2n) is 6.32. The molecule has 0 spiro atoms. The highest BCUT2D eigenvalue weighted by Gasteiger charge is 2.38. The highest BCUT2D eigenvalue weighted by atomic mass is 19.4. The van der Waals surface area contributed by atoms with Crippen LogP contribution in [-0.2, 0) is 4.79 Å². The number of hydrogen-bond donors (Lipinski definition) is 3. The Bertz CT molecular complexity index is 1340. The summed E-state index contributed by atoms with van der Waals surface area (Å²) in [4.78, 5) is 24.9. The van der Waals surface area contributed by atoms with Gasteiger partial charge in [0.2, 0.25) is 0 Å². The number of halogens is 3. The minimum absolute atomic E-state index is 0.266. The average Bonchev–Trinajstić information content (AvgIpc) is 3.12. The van der Waals surface area contributed by atoms with Crippen LogP contribution in [0.1, 0.15) is 10.4 Å². The molecule has 0 fully saturated rings. The van der Waals surface area contributed by atoms with E-state index in [4.69, 9.17) is 21.4 Å². The number of carboxylic acids is 1. The van der Waals surface area contributed by atoms with Crippen molar-refractivity contribution in [3.63, 3.8) is 0 Å². The van der Waals surface area contributed by atoms with E-state index in [2.05, 4.69) is 15.2 Å². The second kappa shape index (κ2) is 8.71. The van der Waals surface area contributed by atoms with Crippen LogP contribution in [0.3, 0.4) is 0 Å². The van der Waals surface area contributed by atoms with Gasteiger partial charge in [-0.1, -0.05) is 36.4 Å². The Hall–Kier alpha value is -4.48. The molecule has 2 heterocycles. The van der Waals surface area contributed by atoms with Crippen LogP contribution in [0.15, 0.2) is 65.9 Å². The van der Waals surface area contributed by atoms with Crippen molar-refractivity contribution in [3.05, 3.63) is 66.5 Å². The summed E-state index contributed by atoms with van der Waals surface area (Å²) >= 11 is 0. The van der Waals surface area contributed by atoms with Gasteiger partial charge in [-0.15, -0.1) is 0 Å². The van der Waals surface area contributed by atoms with E-state index in [1.165, 1.54) is 0 Å². The summed E-state index contributed by atoms with van der Waals surface area (Å²) in [6, 6.07) is 15.3. The Balaban J connectivity index is 0.000000360. The SMILES string of the molecule is NC(N)=NC(=O)c1cn(-c2cnnc3ccccc23)c2ccccc12.O=C(O)C(F)(F)F. The Morgan fingerprint density at radius 2 is 1.59 bits per heavy atom. The van der Waals surface area contributed by atoms with Crippen LogP contribution in [0, 0.1) is 0 Å². The number of aromatic nitrogens is 3. The summed E-state index contributed by atoms with van der Waals surface area (Å²) in [5.74, 6) is -3.51. The minimum Gasteiger partial charge on any atom is -0.475 e. The van der Waals surface area contributed by atoms with Gasteiger partial charge in [0.05, 0.1) is 28.5 Å². The number of fused-ring (bicyclic) bond motifs is 2. The zero-order valence-corrected chi connectivity index (χ0v) is 16.1. The van der Waals surface area contributed by atoms with E-state index >= 15 is 0 Å². The molecule has 0 aliphatic rings. The van der Waals surface area contributed by atoms with E-state index in [-0.39, 0.29) is 5.96 Å². The Kier molecular flexibility index (Phi) is 6.05. The number of carbonyl (C=O) groups excluding carboxylic acids is 1. The Morgan fingerprint density at radius 1 is 1.00 bits per heavy atom. The topological polar surface area (TPSA) is 149 Å². The van der Waals surface area contributed by atoms with E-state index in [1.54, 1.807) is 12.4 Å². The molecule has 32 heavy (non-hydrogen) atoms. The highest BCUT2D eigenvalue weighted by molar-refractivity contribution is 6.11. The molecule has 2 aromatic carbocycles. The summed E-state index contributed by atoms with van der Waals surface area (Å²) in [6.07, 6.45) is -1.69. The number of guanidine groups is 1. The number of para-hydroxylation sites is 1. The zero-order chi connectivity index (χ0) is 23.5. The maximum absolute atomic E-state index is 12.4. The third-order valence-corrected chi connectivity index (χ3v) is 4.20. The second-order valence-corrected chi connectivity index (χ2v) is 6.32. The van der Waals surface area contributed by atoms with Gasteiger partial charge in [0.25, 0.3) is 5.91 Å². The predicted molar refractivity (Wildman–Crippen MR) is 110 cm³/mol. The number of carbonyl (C=O) groups is 2. The lowest BCUT2D eigenvalue weighted by Gasteiger charge is -2.07. The van der Waals surface area contributed by atoms with Crippen LogP contribution in [0.5, 0.6) is 0 Å². The van der Waals surface area contributed by atoms with E-state index in [1.807, 2.05) is 53.1 Å².